The Morgan fingerprint density at radius 1 is 1.15 bits per heavy atom. The van der Waals surface area contributed by atoms with Gasteiger partial charge in [0.25, 0.3) is 16.8 Å². The lowest BCUT2D eigenvalue weighted by Gasteiger charge is -2.29. The number of nitro groups is 1. The van der Waals surface area contributed by atoms with Crippen molar-refractivity contribution in [2.75, 3.05) is 19.9 Å². The zero-order chi connectivity index (χ0) is 23.1. The molecule has 0 radical (unpaired) electrons. The van der Waals surface area contributed by atoms with Crippen LogP contribution in [0.3, 0.4) is 0 Å². The summed E-state index contributed by atoms with van der Waals surface area (Å²) in [6.45, 7) is 0.485. The molecule has 3 aliphatic rings. The van der Waals surface area contributed by atoms with E-state index < -0.39 is 16.1 Å². The summed E-state index contributed by atoms with van der Waals surface area (Å²) in [5, 5.41) is 10.9. The number of ether oxygens (including phenoxy) is 2. The standard InChI is InChI=1S/C22H17N3O7S/c26-20(23-6-5-13-3-1-2-4-14(13)10-23)11-24-21(27)19(33-22(24)28)8-15-7-17-18(32-12-31-17)9-16(15)25(29)30/h1-4,7-9H,5-6,10-12H2/b19-8-. The van der Waals surface area contributed by atoms with Gasteiger partial charge in [0.2, 0.25) is 12.7 Å². The molecule has 0 aliphatic carbocycles. The molecule has 3 heterocycles. The number of thioether (sulfide) groups is 1. The average molecular weight is 467 g/mol. The van der Waals surface area contributed by atoms with Crippen molar-refractivity contribution in [2.24, 2.45) is 0 Å². The molecule has 0 bridgehead atoms. The Kier molecular flexibility index (Phi) is 5.25. The highest BCUT2D eigenvalue weighted by Gasteiger charge is 2.38. The van der Waals surface area contributed by atoms with Gasteiger partial charge in [-0.3, -0.25) is 29.4 Å². The lowest BCUT2D eigenvalue weighted by Crippen LogP contribution is -2.44. The summed E-state index contributed by atoms with van der Waals surface area (Å²) in [6, 6.07) is 10.4. The van der Waals surface area contributed by atoms with Gasteiger partial charge in [-0.15, -0.1) is 0 Å². The molecular formula is C22H17N3O7S. The van der Waals surface area contributed by atoms with E-state index in [1.54, 1.807) is 4.90 Å². The van der Waals surface area contributed by atoms with E-state index in [1.165, 1.54) is 23.8 Å². The van der Waals surface area contributed by atoms with Crippen LogP contribution in [0.1, 0.15) is 16.7 Å². The fourth-order valence-corrected chi connectivity index (χ4v) is 4.77. The molecule has 2 aromatic rings. The van der Waals surface area contributed by atoms with Crippen molar-refractivity contribution in [1.29, 1.82) is 0 Å². The topological polar surface area (TPSA) is 119 Å². The summed E-state index contributed by atoms with van der Waals surface area (Å²) in [5.74, 6) is -0.447. The summed E-state index contributed by atoms with van der Waals surface area (Å²) in [7, 11) is 0. The first-order valence-electron chi connectivity index (χ1n) is 10.1. The van der Waals surface area contributed by atoms with E-state index in [-0.39, 0.29) is 41.2 Å². The van der Waals surface area contributed by atoms with Crippen LogP contribution in [0.15, 0.2) is 41.3 Å². The number of hydrogen-bond donors (Lipinski definition) is 0. The minimum absolute atomic E-state index is 0.00115. The zero-order valence-corrected chi connectivity index (χ0v) is 18.0. The first-order chi connectivity index (χ1) is 15.9. The molecule has 3 amide bonds. The quantitative estimate of drug-likeness (QED) is 0.383. The van der Waals surface area contributed by atoms with Crippen LogP contribution < -0.4 is 9.47 Å². The van der Waals surface area contributed by atoms with E-state index in [9.17, 15) is 24.5 Å². The molecule has 1 saturated heterocycles. The smallest absolute Gasteiger partial charge is 0.294 e. The van der Waals surface area contributed by atoms with E-state index in [0.29, 0.717) is 37.0 Å². The van der Waals surface area contributed by atoms with Gasteiger partial charge in [0.15, 0.2) is 11.5 Å². The monoisotopic (exact) mass is 467 g/mol. The van der Waals surface area contributed by atoms with Crippen molar-refractivity contribution in [3.8, 4) is 11.5 Å². The number of nitrogens with zero attached hydrogens (tertiary/aromatic N) is 3. The van der Waals surface area contributed by atoms with Gasteiger partial charge in [-0.1, -0.05) is 24.3 Å². The fraction of sp³-hybridized carbons (Fsp3) is 0.227. The van der Waals surface area contributed by atoms with Crippen molar-refractivity contribution < 1.29 is 28.8 Å². The first-order valence-corrected chi connectivity index (χ1v) is 10.9. The highest BCUT2D eigenvalue weighted by atomic mass is 32.2. The third-order valence-electron chi connectivity index (χ3n) is 5.66. The van der Waals surface area contributed by atoms with Gasteiger partial charge < -0.3 is 14.4 Å². The van der Waals surface area contributed by atoms with Gasteiger partial charge in [0.05, 0.1) is 21.5 Å². The Labute approximate surface area is 191 Å². The third kappa shape index (κ3) is 3.91. The summed E-state index contributed by atoms with van der Waals surface area (Å²) < 4.78 is 10.4. The number of carbonyl (C=O) groups excluding carboxylic acids is 3. The van der Waals surface area contributed by atoms with E-state index in [1.807, 2.05) is 24.3 Å². The molecule has 0 unspecified atom stereocenters. The van der Waals surface area contributed by atoms with Gasteiger partial charge in [-0.2, -0.15) is 0 Å². The molecule has 0 saturated carbocycles. The molecule has 1 fully saturated rings. The predicted octanol–water partition coefficient (Wildman–Crippen LogP) is 2.94. The number of benzene rings is 2. The molecule has 0 spiro atoms. The number of rotatable bonds is 4. The Bertz CT molecular complexity index is 1240. The van der Waals surface area contributed by atoms with Crippen LogP contribution in [0, 0.1) is 10.1 Å². The Balaban J connectivity index is 1.34. The van der Waals surface area contributed by atoms with Crippen LogP contribution in [0.25, 0.3) is 6.08 Å². The van der Waals surface area contributed by atoms with Crippen LogP contribution >= 0.6 is 11.8 Å². The molecular weight excluding hydrogens is 450 g/mol. The van der Waals surface area contributed by atoms with Crippen LogP contribution in [0.5, 0.6) is 11.5 Å². The second-order valence-electron chi connectivity index (χ2n) is 7.62. The maximum absolute atomic E-state index is 12.9. The first kappa shape index (κ1) is 21.0. The van der Waals surface area contributed by atoms with Crippen molar-refractivity contribution in [3.05, 3.63) is 68.1 Å². The van der Waals surface area contributed by atoms with Crippen LogP contribution in [-0.2, 0) is 22.6 Å². The zero-order valence-electron chi connectivity index (χ0n) is 17.2. The number of carbonyl (C=O) groups is 3. The molecule has 168 valence electrons. The molecule has 33 heavy (non-hydrogen) atoms. The SMILES string of the molecule is O=C(CN1C(=O)S/C(=C\c2cc3c(cc2[N+](=O)[O-])OCO3)C1=O)N1CCc2ccccc2C1. The summed E-state index contributed by atoms with van der Waals surface area (Å²) in [4.78, 5) is 51.5. The summed E-state index contributed by atoms with van der Waals surface area (Å²) in [6.07, 6.45) is 1.98. The lowest BCUT2D eigenvalue weighted by atomic mass is 10.00. The van der Waals surface area contributed by atoms with Gasteiger partial charge in [-0.25, -0.2) is 0 Å². The van der Waals surface area contributed by atoms with Crippen molar-refractivity contribution in [1.82, 2.24) is 9.80 Å². The average Bonchev–Trinajstić information content (AvgIpc) is 3.37. The minimum Gasteiger partial charge on any atom is -0.454 e. The Morgan fingerprint density at radius 3 is 2.64 bits per heavy atom. The van der Waals surface area contributed by atoms with Gasteiger partial charge in [0.1, 0.15) is 6.54 Å². The van der Waals surface area contributed by atoms with E-state index in [0.717, 1.165) is 10.5 Å². The number of imide groups is 1. The highest BCUT2D eigenvalue weighted by molar-refractivity contribution is 8.18. The van der Waals surface area contributed by atoms with Crippen molar-refractivity contribution in [2.45, 2.75) is 13.0 Å². The molecule has 5 rings (SSSR count). The van der Waals surface area contributed by atoms with Gasteiger partial charge in [0, 0.05) is 13.1 Å². The predicted molar refractivity (Wildman–Crippen MR) is 117 cm³/mol. The normalized spacial score (nSPS) is 18.1. The molecule has 2 aromatic carbocycles. The second-order valence-corrected chi connectivity index (χ2v) is 8.62. The Hall–Kier alpha value is -3.86. The lowest BCUT2D eigenvalue weighted by molar-refractivity contribution is -0.385. The Morgan fingerprint density at radius 2 is 1.88 bits per heavy atom. The largest absolute Gasteiger partial charge is 0.454 e. The van der Waals surface area contributed by atoms with Crippen LogP contribution in [0.4, 0.5) is 10.5 Å². The number of hydrogen-bond acceptors (Lipinski definition) is 8. The second kappa shape index (κ2) is 8.24. The minimum atomic E-state index is -0.664. The summed E-state index contributed by atoms with van der Waals surface area (Å²) >= 11 is 0.641. The summed E-state index contributed by atoms with van der Waals surface area (Å²) in [5.41, 5.74) is 2.05. The molecule has 0 atom stereocenters. The molecule has 0 aromatic heterocycles. The van der Waals surface area contributed by atoms with Gasteiger partial charge >= 0.3 is 0 Å². The van der Waals surface area contributed by atoms with Crippen LogP contribution in [0.2, 0.25) is 0 Å². The number of fused-ring (bicyclic) bond motifs is 2. The molecule has 0 N–H and O–H groups in total. The maximum Gasteiger partial charge on any atom is 0.294 e. The molecule has 11 heteroatoms. The van der Waals surface area contributed by atoms with Crippen molar-refractivity contribution >= 4 is 40.6 Å². The molecule has 3 aliphatic heterocycles. The number of amides is 3. The van der Waals surface area contributed by atoms with E-state index in [2.05, 4.69) is 0 Å². The highest BCUT2D eigenvalue weighted by Crippen LogP contribution is 2.40. The number of nitro benzene ring substituents is 1. The van der Waals surface area contributed by atoms with Gasteiger partial charge in [-0.05, 0) is 41.5 Å². The van der Waals surface area contributed by atoms with Crippen LogP contribution in [-0.4, -0.2) is 51.7 Å². The fourth-order valence-electron chi connectivity index (χ4n) is 3.94. The van der Waals surface area contributed by atoms with Crippen molar-refractivity contribution in [3.63, 3.8) is 0 Å². The third-order valence-corrected chi connectivity index (χ3v) is 6.56. The molecule has 10 nitrogen and oxygen atoms in total. The van der Waals surface area contributed by atoms with E-state index >= 15 is 0 Å². The maximum atomic E-state index is 12.9. The van der Waals surface area contributed by atoms with E-state index in [4.69, 9.17) is 9.47 Å².